The molecule has 0 bridgehead atoms. The maximum atomic E-state index is 13.4. The fourth-order valence-corrected chi connectivity index (χ4v) is 3.45. The van der Waals surface area contributed by atoms with Gasteiger partial charge in [-0.05, 0) is 36.8 Å². The number of aryl methyl sites for hydroxylation is 1. The number of hydrogen-bond acceptors (Lipinski definition) is 8. The van der Waals surface area contributed by atoms with Gasteiger partial charge in [0.1, 0.15) is 5.76 Å². The molecule has 0 saturated heterocycles. The number of fused-ring (bicyclic) bond motifs is 2. The van der Waals surface area contributed by atoms with Crippen LogP contribution in [0.3, 0.4) is 0 Å². The summed E-state index contributed by atoms with van der Waals surface area (Å²) < 4.78 is 27.6. The number of benzene rings is 2. The zero-order valence-electron chi connectivity index (χ0n) is 17.3. The highest BCUT2D eigenvalue weighted by Gasteiger charge is 2.22. The lowest BCUT2D eigenvalue weighted by Gasteiger charge is -2.14. The highest BCUT2D eigenvalue weighted by atomic mass is 16.6. The molecule has 160 valence electrons. The predicted octanol–water partition coefficient (Wildman–Crippen LogP) is 3.78. The molecule has 0 aliphatic carbocycles. The van der Waals surface area contributed by atoms with Crippen molar-refractivity contribution in [2.45, 2.75) is 27.2 Å². The second-order valence-electron chi connectivity index (χ2n) is 7.03. The van der Waals surface area contributed by atoms with E-state index in [-0.39, 0.29) is 27.9 Å². The molecule has 1 aromatic heterocycles. The van der Waals surface area contributed by atoms with Crippen molar-refractivity contribution < 1.29 is 33.0 Å². The zero-order chi connectivity index (χ0) is 22.1. The first-order valence-corrected chi connectivity index (χ1v) is 9.72. The lowest BCUT2D eigenvalue weighted by atomic mass is 10.0. The highest BCUT2D eigenvalue weighted by molar-refractivity contribution is 5.91. The van der Waals surface area contributed by atoms with Gasteiger partial charge in [-0.25, -0.2) is 0 Å². The molecule has 0 N–H and O–H groups in total. The molecule has 8 nitrogen and oxygen atoms in total. The molecular formula is C23H20O8. The van der Waals surface area contributed by atoms with Crippen molar-refractivity contribution in [3.05, 3.63) is 46.3 Å². The summed E-state index contributed by atoms with van der Waals surface area (Å²) in [6.07, 6.45) is 0.769. The number of esters is 2. The summed E-state index contributed by atoms with van der Waals surface area (Å²) in [5.41, 5.74) is 0.651. The minimum atomic E-state index is -0.645. The number of carbonyl (C=O) groups is 2. The molecule has 1 aliphatic rings. The average Bonchev–Trinajstić information content (AvgIpc) is 2.94. The van der Waals surface area contributed by atoms with Crippen LogP contribution in [0.15, 0.2) is 39.5 Å². The van der Waals surface area contributed by atoms with Gasteiger partial charge in [0.15, 0.2) is 22.8 Å². The fourth-order valence-electron chi connectivity index (χ4n) is 3.45. The summed E-state index contributed by atoms with van der Waals surface area (Å²) in [6.45, 7) is 5.14. The van der Waals surface area contributed by atoms with Gasteiger partial charge in [0.25, 0.3) is 0 Å². The number of rotatable bonds is 3. The Labute approximate surface area is 177 Å². The lowest BCUT2D eigenvalue weighted by molar-refractivity contribution is -0.134. The summed E-state index contributed by atoms with van der Waals surface area (Å²) in [4.78, 5) is 36.4. The van der Waals surface area contributed by atoms with Crippen LogP contribution >= 0.6 is 0 Å². The zero-order valence-corrected chi connectivity index (χ0v) is 17.3. The molecule has 0 amide bonds. The van der Waals surface area contributed by atoms with Gasteiger partial charge >= 0.3 is 11.9 Å². The van der Waals surface area contributed by atoms with Gasteiger partial charge in [-0.3, -0.25) is 14.4 Å². The van der Waals surface area contributed by atoms with Gasteiger partial charge < -0.3 is 23.4 Å². The lowest BCUT2D eigenvalue weighted by Crippen LogP contribution is -2.11. The minimum Gasteiger partial charge on any atom is -0.490 e. The normalized spacial score (nSPS) is 12.9. The molecule has 2 aromatic carbocycles. The van der Waals surface area contributed by atoms with Crippen molar-refractivity contribution >= 4 is 22.9 Å². The van der Waals surface area contributed by atoms with Crippen molar-refractivity contribution in [2.75, 3.05) is 13.2 Å². The van der Waals surface area contributed by atoms with Crippen molar-refractivity contribution in [3.8, 4) is 34.1 Å². The maximum Gasteiger partial charge on any atom is 0.308 e. The molecule has 1 aliphatic heterocycles. The van der Waals surface area contributed by atoms with Gasteiger partial charge in [-0.15, -0.1) is 0 Å². The third-order valence-corrected chi connectivity index (χ3v) is 4.69. The Morgan fingerprint density at radius 2 is 1.65 bits per heavy atom. The number of hydrogen-bond donors (Lipinski definition) is 0. The highest BCUT2D eigenvalue weighted by Crippen LogP contribution is 2.39. The van der Waals surface area contributed by atoms with Gasteiger partial charge in [0.2, 0.25) is 11.2 Å². The van der Waals surface area contributed by atoms with Gasteiger partial charge in [0, 0.05) is 20.3 Å². The van der Waals surface area contributed by atoms with E-state index in [9.17, 15) is 14.4 Å². The maximum absolute atomic E-state index is 13.4. The van der Waals surface area contributed by atoms with Crippen molar-refractivity contribution in [3.63, 3.8) is 0 Å². The van der Waals surface area contributed by atoms with Crippen LogP contribution in [0.25, 0.3) is 22.1 Å². The van der Waals surface area contributed by atoms with Crippen molar-refractivity contribution in [2.24, 2.45) is 0 Å². The van der Waals surface area contributed by atoms with Gasteiger partial charge in [-0.2, -0.15) is 0 Å². The molecule has 0 atom stereocenters. The van der Waals surface area contributed by atoms with E-state index in [1.807, 2.05) is 0 Å². The summed E-state index contributed by atoms with van der Waals surface area (Å²) in [6, 6.07) is 8.13. The molecule has 0 spiro atoms. The molecule has 31 heavy (non-hydrogen) atoms. The fraction of sp³-hybridized carbons (Fsp3) is 0.261. The number of ether oxygens (including phenoxy) is 4. The SMILES string of the molecule is CC(=O)Oc1ccc2c(=O)c(-c3ccc4c(c3)OCCCO4)c(C)oc2c1OC(C)=O. The largest absolute Gasteiger partial charge is 0.490 e. The minimum absolute atomic E-state index is 0.0129. The topological polar surface area (TPSA) is 101 Å². The summed E-state index contributed by atoms with van der Waals surface area (Å²) >= 11 is 0. The van der Waals surface area contributed by atoms with Crippen LogP contribution in [0, 0.1) is 6.92 Å². The Bertz CT molecular complexity index is 1250. The monoisotopic (exact) mass is 424 g/mol. The van der Waals surface area contributed by atoms with Crippen LogP contribution < -0.4 is 24.4 Å². The number of carbonyl (C=O) groups excluding carboxylic acids is 2. The van der Waals surface area contributed by atoms with E-state index in [0.29, 0.717) is 41.6 Å². The second-order valence-corrected chi connectivity index (χ2v) is 7.03. The first-order chi connectivity index (χ1) is 14.8. The average molecular weight is 424 g/mol. The second kappa shape index (κ2) is 8.14. The van der Waals surface area contributed by atoms with Crippen LogP contribution in [0.5, 0.6) is 23.0 Å². The third-order valence-electron chi connectivity index (χ3n) is 4.69. The standard InChI is InChI=1S/C23H20O8/c1-12-20(15-5-7-17-19(11-15)28-10-4-9-27-17)21(26)16-6-8-18(30-13(2)24)23(22(16)29-12)31-14(3)25/h5-8,11H,4,9-10H2,1-3H3. The van der Waals surface area contributed by atoms with Crippen LogP contribution in [0.4, 0.5) is 0 Å². The first kappa shape index (κ1) is 20.5. The van der Waals surface area contributed by atoms with Crippen molar-refractivity contribution in [1.82, 2.24) is 0 Å². The Morgan fingerprint density at radius 1 is 0.935 bits per heavy atom. The van der Waals surface area contributed by atoms with E-state index in [1.165, 1.54) is 26.0 Å². The van der Waals surface area contributed by atoms with Crippen molar-refractivity contribution in [1.29, 1.82) is 0 Å². The molecule has 0 unspecified atom stereocenters. The summed E-state index contributed by atoms with van der Waals surface area (Å²) in [5, 5.41) is 0.180. The third kappa shape index (κ3) is 3.96. The van der Waals surface area contributed by atoms with E-state index in [1.54, 1.807) is 25.1 Å². The summed E-state index contributed by atoms with van der Waals surface area (Å²) in [5.74, 6) is 0.0998. The van der Waals surface area contributed by atoms with E-state index in [4.69, 9.17) is 23.4 Å². The Hall–Kier alpha value is -3.81. The van der Waals surface area contributed by atoms with E-state index in [2.05, 4.69) is 0 Å². The Morgan fingerprint density at radius 3 is 2.35 bits per heavy atom. The van der Waals surface area contributed by atoms with Gasteiger partial charge in [0.05, 0.1) is 24.2 Å². The molecule has 0 radical (unpaired) electrons. The van der Waals surface area contributed by atoms with E-state index in [0.717, 1.165) is 6.42 Å². The molecule has 2 heterocycles. The van der Waals surface area contributed by atoms with Crippen LogP contribution in [-0.2, 0) is 9.59 Å². The van der Waals surface area contributed by atoms with E-state index >= 15 is 0 Å². The van der Waals surface area contributed by atoms with E-state index < -0.39 is 11.9 Å². The molecule has 3 aromatic rings. The Kier molecular flexibility index (Phi) is 5.37. The molecule has 0 saturated carbocycles. The summed E-state index contributed by atoms with van der Waals surface area (Å²) in [7, 11) is 0. The first-order valence-electron chi connectivity index (χ1n) is 9.72. The van der Waals surface area contributed by atoms with Crippen LogP contribution in [-0.4, -0.2) is 25.2 Å². The quantitative estimate of drug-likeness (QED) is 0.462. The molecule has 8 heteroatoms. The molecular weight excluding hydrogens is 404 g/mol. The van der Waals surface area contributed by atoms with Crippen LogP contribution in [0.2, 0.25) is 0 Å². The van der Waals surface area contributed by atoms with Gasteiger partial charge in [-0.1, -0.05) is 6.07 Å². The Balaban J connectivity index is 1.91. The molecule has 0 fully saturated rings. The molecule has 4 rings (SSSR count). The van der Waals surface area contributed by atoms with Crippen LogP contribution in [0.1, 0.15) is 26.0 Å². The predicted molar refractivity (Wildman–Crippen MR) is 111 cm³/mol. The smallest absolute Gasteiger partial charge is 0.308 e.